The molecule has 4 aromatic rings. The van der Waals surface area contributed by atoms with Crippen molar-refractivity contribution in [1.29, 1.82) is 0 Å². The van der Waals surface area contributed by atoms with Gasteiger partial charge in [-0.1, -0.05) is 18.2 Å². The van der Waals surface area contributed by atoms with Crippen LogP contribution in [0.1, 0.15) is 12.8 Å². The summed E-state index contributed by atoms with van der Waals surface area (Å²) in [5.74, 6) is 0.454. The molecule has 0 saturated carbocycles. The smallest absolute Gasteiger partial charge is 0.213 e. The summed E-state index contributed by atoms with van der Waals surface area (Å²) in [6.45, 7) is 5.96. The molecule has 0 spiro atoms. The molecule has 0 aliphatic carbocycles. The third-order valence-electron chi connectivity index (χ3n) is 7.54. The van der Waals surface area contributed by atoms with Gasteiger partial charge in [-0.3, -0.25) is 9.88 Å². The second-order valence-corrected chi connectivity index (χ2v) is 9.45. The molecule has 0 amide bonds. The number of ether oxygens (including phenoxy) is 1. The molecule has 2 aromatic carbocycles. The number of anilines is 2. The van der Waals surface area contributed by atoms with E-state index in [0.29, 0.717) is 6.04 Å². The molecule has 2 aliphatic heterocycles. The maximum absolute atomic E-state index is 13.8. The first-order chi connectivity index (χ1) is 17.2. The van der Waals surface area contributed by atoms with E-state index in [1.54, 1.807) is 7.11 Å². The highest BCUT2D eigenvalue weighted by molar-refractivity contribution is 5.92. The Labute approximate surface area is 217 Å². The summed E-state index contributed by atoms with van der Waals surface area (Å²) in [6, 6.07) is 18.2. The lowest BCUT2D eigenvalue weighted by Gasteiger charge is -2.44. The number of rotatable bonds is 4. The Kier molecular flexibility index (Phi) is 7.12. The Morgan fingerprint density at radius 3 is 2.33 bits per heavy atom. The van der Waals surface area contributed by atoms with E-state index < -0.39 is 5.95 Å². The van der Waals surface area contributed by atoms with Crippen LogP contribution in [-0.2, 0) is 0 Å². The normalized spacial score (nSPS) is 17.4. The number of halogens is 2. The molecule has 0 atom stereocenters. The van der Waals surface area contributed by atoms with Crippen molar-refractivity contribution in [3.63, 3.8) is 0 Å². The lowest BCUT2D eigenvalue weighted by Crippen LogP contribution is -2.53. The van der Waals surface area contributed by atoms with Gasteiger partial charge in [0.2, 0.25) is 5.95 Å². The van der Waals surface area contributed by atoms with Crippen LogP contribution in [0.3, 0.4) is 0 Å². The number of aromatic nitrogens is 2. The average Bonchev–Trinajstić information content (AvgIpc) is 2.92. The van der Waals surface area contributed by atoms with Crippen molar-refractivity contribution < 1.29 is 9.13 Å². The highest BCUT2D eigenvalue weighted by atomic mass is 35.5. The van der Waals surface area contributed by atoms with E-state index in [2.05, 4.69) is 48.9 Å². The van der Waals surface area contributed by atoms with Gasteiger partial charge < -0.3 is 14.5 Å². The summed E-state index contributed by atoms with van der Waals surface area (Å²) < 4.78 is 19.4. The fourth-order valence-corrected chi connectivity index (χ4v) is 5.67. The monoisotopic (exact) mass is 507 g/mol. The van der Waals surface area contributed by atoms with Crippen molar-refractivity contribution in [2.75, 3.05) is 56.2 Å². The third kappa shape index (κ3) is 4.65. The van der Waals surface area contributed by atoms with Crippen molar-refractivity contribution >= 4 is 45.6 Å². The minimum absolute atomic E-state index is 0. The molecule has 4 heterocycles. The summed E-state index contributed by atoms with van der Waals surface area (Å²) in [6.07, 6.45) is 4.08. The van der Waals surface area contributed by atoms with Gasteiger partial charge in [0.15, 0.2) is 0 Å². The van der Waals surface area contributed by atoms with E-state index in [1.807, 2.05) is 30.5 Å². The second kappa shape index (κ2) is 10.4. The van der Waals surface area contributed by atoms with E-state index in [4.69, 9.17) is 4.74 Å². The molecule has 0 N–H and O–H groups in total. The minimum atomic E-state index is -0.420. The average molecular weight is 508 g/mol. The first kappa shape index (κ1) is 24.5. The molecule has 0 bridgehead atoms. The van der Waals surface area contributed by atoms with Gasteiger partial charge >= 0.3 is 0 Å². The molecule has 6 rings (SSSR count). The van der Waals surface area contributed by atoms with E-state index in [1.165, 1.54) is 6.07 Å². The van der Waals surface area contributed by atoms with Crippen LogP contribution in [0.25, 0.3) is 21.8 Å². The zero-order chi connectivity index (χ0) is 23.8. The van der Waals surface area contributed by atoms with Crippen molar-refractivity contribution in [3.05, 3.63) is 66.7 Å². The molecular formula is C28H31ClFN5O. The predicted octanol–water partition coefficient (Wildman–Crippen LogP) is 5.14. The van der Waals surface area contributed by atoms with Crippen LogP contribution in [0.2, 0.25) is 0 Å². The van der Waals surface area contributed by atoms with Crippen LogP contribution in [0.15, 0.2) is 60.8 Å². The molecule has 0 unspecified atom stereocenters. The number of piperazine rings is 1. The number of methoxy groups -OCH3 is 1. The number of nitrogens with zero attached hydrogens (tertiary/aromatic N) is 5. The first-order valence-electron chi connectivity index (χ1n) is 12.4. The van der Waals surface area contributed by atoms with E-state index in [-0.39, 0.29) is 12.4 Å². The summed E-state index contributed by atoms with van der Waals surface area (Å²) >= 11 is 0. The molecule has 36 heavy (non-hydrogen) atoms. The molecule has 8 heteroatoms. The number of para-hydroxylation sites is 1. The van der Waals surface area contributed by atoms with Gasteiger partial charge in [-0.05, 0) is 43.2 Å². The van der Waals surface area contributed by atoms with Crippen molar-refractivity contribution in [1.82, 2.24) is 14.9 Å². The van der Waals surface area contributed by atoms with Gasteiger partial charge in [-0.2, -0.15) is 4.39 Å². The standard InChI is InChI=1S/C28H30FN5O.ClH/c1-35-23-18-21-5-3-11-30-27(21)25(19-23)34-16-14-32(15-17-34)22-9-12-33(13-10-22)24-6-2-4-20-7-8-26(29)31-28(20)24;/h2-8,11,18-19,22H,9-10,12-17H2,1H3;1H. The van der Waals surface area contributed by atoms with Gasteiger partial charge in [0, 0.05) is 68.3 Å². The Morgan fingerprint density at radius 2 is 1.56 bits per heavy atom. The Balaban J connectivity index is 0.00000267. The molecule has 2 fully saturated rings. The molecule has 2 aromatic heterocycles. The number of hydrogen-bond donors (Lipinski definition) is 0. The third-order valence-corrected chi connectivity index (χ3v) is 7.54. The quantitative estimate of drug-likeness (QED) is 0.356. The number of fused-ring (bicyclic) bond motifs is 2. The summed E-state index contributed by atoms with van der Waals surface area (Å²) in [5.41, 5.74) is 4.00. The van der Waals surface area contributed by atoms with Gasteiger partial charge in [0.25, 0.3) is 0 Å². The maximum Gasteiger partial charge on any atom is 0.213 e. The molecule has 2 aliphatic rings. The maximum atomic E-state index is 13.8. The fourth-order valence-electron chi connectivity index (χ4n) is 5.67. The summed E-state index contributed by atoms with van der Waals surface area (Å²) in [4.78, 5) is 16.3. The largest absolute Gasteiger partial charge is 0.497 e. The number of piperidine rings is 1. The zero-order valence-corrected chi connectivity index (χ0v) is 21.3. The van der Waals surface area contributed by atoms with E-state index >= 15 is 0 Å². The Bertz CT molecular complexity index is 1350. The van der Waals surface area contributed by atoms with Crippen LogP contribution >= 0.6 is 12.4 Å². The molecule has 0 radical (unpaired) electrons. The molecular weight excluding hydrogens is 477 g/mol. The van der Waals surface area contributed by atoms with Crippen LogP contribution in [0.4, 0.5) is 15.8 Å². The summed E-state index contributed by atoms with van der Waals surface area (Å²) in [5, 5.41) is 2.10. The van der Waals surface area contributed by atoms with Crippen LogP contribution in [0, 0.1) is 5.95 Å². The van der Waals surface area contributed by atoms with Crippen LogP contribution in [-0.4, -0.2) is 67.3 Å². The zero-order valence-electron chi connectivity index (χ0n) is 20.4. The van der Waals surface area contributed by atoms with Crippen molar-refractivity contribution in [3.8, 4) is 5.75 Å². The highest BCUT2D eigenvalue weighted by Crippen LogP contribution is 2.33. The lowest BCUT2D eigenvalue weighted by molar-refractivity contribution is 0.160. The Morgan fingerprint density at radius 1 is 0.806 bits per heavy atom. The van der Waals surface area contributed by atoms with E-state index in [0.717, 1.165) is 91.0 Å². The number of benzene rings is 2. The number of pyridine rings is 2. The van der Waals surface area contributed by atoms with Gasteiger partial charge in [-0.25, -0.2) is 4.98 Å². The van der Waals surface area contributed by atoms with Crippen LogP contribution < -0.4 is 14.5 Å². The van der Waals surface area contributed by atoms with Gasteiger partial charge in [0.1, 0.15) is 5.75 Å². The number of hydrogen-bond acceptors (Lipinski definition) is 6. The predicted molar refractivity (Wildman–Crippen MR) is 146 cm³/mol. The van der Waals surface area contributed by atoms with Crippen LogP contribution in [0.5, 0.6) is 5.75 Å². The second-order valence-electron chi connectivity index (χ2n) is 9.45. The topological polar surface area (TPSA) is 44.7 Å². The Hall–Kier alpha value is -3.16. The SMILES string of the molecule is COc1cc(N2CCN(C3CCN(c4cccc5ccc(F)nc45)CC3)CC2)c2ncccc2c1.Cl. The lowest BCUT2D eigenvalue weighted by atomic mass is 10.0. The molecule has 2 saturated heterocycles. The van der Waals surface area contributed by atoms with Gasteiger partial charge in [0.05, 0.1) is 29.5 Å². The minimum Gasteiger partial charge on any atom is -0.497 e. The van der Waals surface area contributed by atoms with Crippen molar-refractivity contribution in [2.24, 2.45) is 0 Å². The molecule has 188 valence electrons. The molecule has 6 nitrogen and oxygen atoms in total. The first-order valence-corrected chi connectivity index (χ1v) is 12.4. The van der Waals surface area contributed by atoms with Crippen molar-refractivity contribution in [2.45, 2.75) is 18.9 Å². The fraction of sp³-hybridized carbons (Fsp3) is 0.357. The van der Waals surface area contributed by atoms with Gasteiger partial charge in [-0.15, -0.1) is 12.4 Å². The highest BCUT2D eigenvalue weighted by Gasteiger charge is 2.29. The summed E-state index contributed by atoms with van der Waals surface area (Å²) in [7, 11) is 1.72. The van der Waals surface area contributed by atoms with E-state index in [9.17, 15) is 4.39 Å².